The maximum Gasteiger partial charge on any atom is 0.353 e. The number of nitrogens with one attached hydrogen (secondary N) is 1. The van der Waals surface area contributed by atoms with Gasteiger partial charge in [0.05, 0.1) is 6.42 Å². The van der Waals surface area contributed by atoms with E-state index in [1.165, 1.54) is 39.8 Å². The predicted octanol–water partition coefficient (Wildman–Crippen LogP) is 2.22. The lowest BCUT2D eigenvalue weighted by molar-refractivity contribution is -0.150. The topological polar surface area (TPSA) is 112 Å². The van der Waals surface area contributed by atoms with Gasteiger partial charge in [-0.2, -0.15) is 0 Å². The van der Waals surface area contributed by atoms with E-state index in [-0.39, 0.29) is 18.0 Å². The lowest BCUT2D eigenvalue weighted by atomic mass is 10.0. The first-order chi connectivity index (χ1) is 13.9. The van der Waals surface area contributed by atoms with Crippen LogP contribution in [0.15, 0.2) is 44.7 Å². The summed E-state index contributed by atoms with van der Waals surface area (Å²) in [6, 6.07) is 6.17. The van der Waals surface area contributed by atoms with Crippen molar-refractivity contribution < 1.29 is 19.5 Å². The van der Waals surface area contributed by atoms with Crippen LogP contribution in [0.25, 0.3) is 0 Å². The Bertz CT molecular complexity index is 1010. The van der Waals surface area contributed by atoms with E-state index in [0.29, 0.717) is 20.0 Å². The zero-order valence-corrected chi connectivity index (χ0v) is 17.8. The molecule has 0 unspecified atom stereocenters. The number of nitrogens with zero attached hydrogens (tertiary/aromatic N) is 3. The number of fused-ring (bicyclic) bond motifs is 1. The highest BCUT2D eigenvalue weighted by Gasteiger charge is 2.54. The first-order valence-corrected chi connectivity index (χ1v) is 11.5. The Morgan fingerprint density at radius 2 is 2.24 bits per heavy atom. The minimum atomic E-state index is -1.18. The molecule has 2 aliphatic heterocycles. The molecule has 2 aliphatic rings. The van der Waals surface area contributed by atoms with Crippen LogP contribution in [-0.4, -0.2) is 55.2 Å². The summed E-state index contributed by atoms with van der Waals surface area (Å²) in [6.45, 7) is 0. The van der Waals surface area contributed by atoms with E-state index >= 15 is 0 Å². The van der Waals surface area contributed by atoms with Crippen molar-refractivity contribution in [3.63, 3.8) is 0 Å². The lowest BCUT2D eigenvalue weighted by Crippen LogP contribution is -2.70. The van der Waals surface area contributed by atoms with Crippen LogP contribution in [0.5, 0.6) is 0 Å². The molecule has 12 heteroatoms. The van der Waals surface area contributed by atoms with Crippen LogP contribution in [0.3, 0.4) is 0 Å². The van der Waals surface area contributed by atoms with Crippen LogP contribution in [0.4, 0.5) is 0 Å². The summed E-state index contributed by atoms with van der Waals surface area (Å²) in [4.78, 5) is 38.6. The fourth-order valence-corrected chi connectivity index (χ4v) is 6.37. The van der Waals surface area contributed by atoms with Crippen molar-refractivity contribution >= 4 is 64.2 Å². The number of hydrogen-bond donors (Lipinski definition) is 2. The number of carboxylic acids is 1. The molecule has 0 spiro atoms. The SMILES string of the molecule is O=C(Cc1cccc(Cl)c1)N[C@@H]1C(=O)N2C(C(=O)O)=C(Sc3nncs3)CS[C@H]12. The highest BCUT2D eigenvalue weighted by molar-refractivity contribution is 8.07. The summed E-state index contributed by atoms with van der Waals surface area (Å²) in [7, 11) is 0. The molecule has 2 N–H and O–H groups in total. The van der Waals surface area contributed by atoms with Crippen molar-refractivity contribution in [1.29, 1.82) is 0 Å². The smallest absolute Gasteiger partial charge is 0.353 e. The first-order valence-electron chi connectivity index (χ1n) is 8.33. The molecule has 3 heterocycles. The van der Waals surface area contributed by atoms with Crippen molar-refractivity contribution in [3.05, 3.63) is 51.0 Å². The number of β-lactam (4-membered cyclic amide) rings is 1. The summed E-state index contributed by atoms with van der Waals surface area (Å²) in [5.41, 5.74) is 2.23. The summed E-state index contributed by atoms with van der Waals surface area (Å²) in [5.74, 6) is -1.53. The highest BCUT2D eigenvalue weighted by atomic mass is 35.5. The average Bonchev–Trinajstić information content (AvgIpc) is 3.18. The van der Waals surface area contributed by atoms with Gasteiger partial charge >= 0.3 is 5.97 Å². The van der Waals surface area contributed by atoms with Gasteiger partial charge in [-0.3, -0.25) is 14.5 Å². The zero-order chi connectivity index (χ0) is 20.5. The second kappa shape index (κ2) is 8.34. The zero-order valence-electron chi connectivity index (χ0n) is 14.6. The lowest BCUT2D eigenvalue weighted by Gasteiger charge is -2.49. The van der Waals surface area contributed by atoms with Gasteiger partial charge in [0.2, 0.25) is 5.91 Å². The Hall–Kier alpha value is -2.08. The molecule has 4 rings (SSSR count). The van der Waals surface area contributed by atoms with Gasteiger partial charge in [-0.1, -0.05) is 46.8 Å². The third-order valence-corrected chi connectivity index (χ3v) is 7.82. The molecule has 1 aromatic heterocycles. The van der Waals surface area contributed by atoms with Crippen LogP contribution >= 0.6 is 46.5 Å². The van der Waals surface area contributed by atoms with Crippen LogP contribution in [-0.2, 0) is 20.8 Å². The van der Waals surface area contributed by atoms with Crippen molar-refractivity contribution in [2.75, 3.05) is 5.75 Å². The normalized spacial score (nSPS) is 20.9. The largest absolute Gasteiger partial charge is 0.477 e. The van der Waals surface area contributed by atoms with Crippen LogP contribution in [0.2, 0.25) is 5.02 Å². The molecular weight excluding hydrogens is 456 g/mol. The molecule has 0 radical (unpaired) electrons. The number of hydrogen-bond acceptors (Lipinski definition) is 8. The number of carbonyl (C=O) groups is 3. The first kappa shape index (κ1) is 20.2. The van der Waals surface area contributed by atoms with E-state index < -0.39 is 23.3 Å². The maximum absolute atomic E-state index is 12.6. The fourth-order valence-electron chi connectivity index (χ4n) is 3.04. The Labute approximate surface area is 182 Å². The number of aromatic nitrogens is 2. The van der Waals surface area contributed by atoms with Crippen LogP contribution < -0.4 is 5.32 Å². The van der Waals surface area contributed by atoms with Crippen LogP contribution in [0.1, 0.15) is 5.56 Å². The van der Waals surface area contributed by atoms with Gasteiger partial charge < -0.3 is 10.4 Å². The van der Waals surface area contributed by atoms with Gasteiger partial charge in [0.25, 0.3) is 5.91 Å². The maximum atomic E-state index is 12.6. The van der Waals surface area contributed by atoms with Crippen molar-refractivity contribution in [2.24, 2.45) is 0 Å². The summed E-state index contributed by atoms with van der Waals surface area (Å²) < 4.78 is 0.608. The number of benzene rings is 1. The summed E-state index contributed by atoms with van der Waals surface area (Å²) in [6.07, 6.45) is 0.0848. The molecule has 1 aromatic carbocycles. The number of rotatable bonds is 6. The van der Waals surface area contributed by atoms with Gasteiger partial charge in [-0.05, 0) is 17.7 Å². The van der Waals surface area contributed by atoms with E-state index in [1.807, 2.05) is 0 Å². The van der Waals surface area contributed by atoms with E-state index in [9.17, 15) is 19.5 Å². The van der Waals surface area contributed by atoms with Crippen molar-refractivity contribution in [2.45, 2.75) is 22.2 Å². The second-order valence-corrected chi connectivity index (χ2v) is 9.86. The highest BCUT2D eigenvalue weighted by Crippen LogP contribution is 2.45. The van der Waals surface area contributed by atoms with E-state index in [0.717, 1.165) is 5.56 Å². The number of aliphatic carboxylic acids is 1. The molecule has 1 fully saturated rings. The Morgan fingerprint density at radius 1 is 1.41 bits per heavy atom. The molecule has 2 atom stereocenters. The Balaban J connectivity index is 1.46. The molecular formula is C17H13ClN4O4S3. The van der Waals surface area contributed by atoms with E-state index in [4.69, 9.17) is 11.6 Å². The molecule has 0 saturated carbocycles. The van der Waals surface area contributed by atoms with Crippen LogP contribution in [0, 0.1) is 0 Å². The average molecular weight is 469 g/mol. The van der Waals surface area contributed by atoms with Gasteiger partial charge in [0, 0.05) is 15.7 Å². The van der Waals surface area contributed by atoms with Gasteiger partial charge in [0.1, 0.15) is 22.6 Å². The second-order valence-electron chi connectivity index (χ2n) is 6.15. The number of halogens is 1. The van der Waals surface area contributed by atoms with E-state index in [1.54, 1.807) is 29.8 Å². The number of carboxylic acid groups (broad SMARTS) is 1. The number of amides is 2. The quantitative estimate of drug-likeness (QED) is 0.620. The minimum Gasteiger partial charge on any atom is -0.477 e. The summed E-state index contributed by atoms with van der Waals surface area (Å²) in [5, 5.41) is 20.1. The third-order valence-electron chi connectivity index (χ3n) is 4.26. The van der Waals surface area contributed by atoms with Crippen molar-refractivity contribution in [3.8, 4) is 0 Å². The van der Waals surface area contributed by atoms with Gasteiger partial charge in [-0.15, -0.1) is 22.0 Å². The van der Waals surface area contributed by atoms with E-state index in [2.05, 4.69) is 15.5 Å². The third kappa shape index (κ3) is 4.13. The Morgan fingerprint density at radius 3 is 2.93 bits per heavy atom. The standard InChI is InChI=1S/C17H13ClN4O4S3/c18-9-3-1-2-8(4-9)5-11(23)20-12-14(24)22-13(16(25)26)10(6-27-15(12)22)29-17-21-19-7-28-17/h1-4,7,12,15H,5-6H2,(H,20,23)(H,25,26)/t12-,15-/m1/s1. The monoisotopic (exact) mass is 468 g/mol. The number of thioether (sulfide) groups is 2. The molecule has 0 aliphatic carbocycles. The fraction of sp³-hybridized carbons (Fsp3) is 0.235. The molecule has 8 nitrogen and oxygen atoms in total. The molecule has 1 saturated heterocycles. The number of carbonyl (C=O) groups excluding carboxylic acids is 2. The molecule has 29 heavy (non-hydrogen) atoms. The Kier molecular flexibility index (Phi) is 5.81. The molecule has 2 amide bonds. The van der Waals surface area contributed by atoms with Gasteiger partial charge in [-0.25, -0.2) is 4.79 Å². The minimum absolute atomic E-state index is 0.0562. The predicted molar refractivity (Wildman–Crippen MR) is 111 cm³/mol. The molecule has 150 valence electrons. The van der Waals surface area contributed by atoms with Gasteiger partial charge in [0.15, 0.2) is 4.34 Å². The van der Waals surface area contributed by atoms with Crippen molar-refractivity contribution in [1.82, 2.24) is 20.4 Å². The molecule has 2 aromatic rings. The molecule has 0 bridgehead atoms. The summed E-state index contributed by atoms with van der Waals surface area (Å²) >= 11 is 9.83.